The Morgan fingerprint density at radius 2 is 1.67 bits per heavy atom. The number of nitrogens with one attached hydrogen (secondary N) is 1. The summed E-state index contributed by atoms with van der Waals surface area (Å²) in [7, 11) is -3.82. The molecule has 7 heteroatoms. The third-order valence-corrected chi connectivity index (χ3v) is 5.58. The van der Waals surface area contributed by atoms with E-state index < -0.39 is 10.0 Å². The lowest BCUT2D eigenvalue weighted by atomic mass is 10.0. The van der Waals surface area contributed by atoms with Crippen LogP contribution in [0, 0.1) is 6.92 Å². The summed E-state index contributed by atoms with van der Waals surface area (Å²) >= 11 is 6.10. The Morgan fingerprint density at radius 3 is 2.30 bits per heavy atom. The molecule has 2 N–H and O–H groups in total. The van der Waals surface area contributed by atoms with Gasteiger partial charge >= 0.3 is 0 Å². The van der Waals surface area contributed by atoms with Crippen molar-refractivity contribution < 1.29 is 13.6 Å². The summed E-state index contributed by atoms with van der Waals surface area (Å²) in [5.74, 6) is 0. The van der Waals surface area contributed by atoms with Crippen LogP contribution in [-0.2, 0) is 10.0 Å². The van der Waals surface area contributed by atoms with E-state index in [9.17, 15) is 13.6 Å². The molecule has 0 unspecified atom stereocenters. The molecule has 0 fully saturated rings. The Labute approximate surface area is 163 Å². The van der Waals surface area contributed by atoms with E-state index in [0.717, 1.165) is 5.56 Å². The van der Waals surface area contributed by atoms with Crippen molar-refractivity contribution in [2.45, 2.75) is 11.8 Å². The SMILES string of the molecule is Cc1ccc(S(=O)(=O)Nc2ccc(Cl)cc2C(=NO)c2ccccc2)cc1. The second kappa shape index (κ2) is 7.82. The van der Waals surface area contributed by atoms with Crippen LogP contribution in [0.2, 0.25) is 5.02 Å². The average Bonchev–Trinajstić information content (AvgIpc) is 2.65. The summed E-state index contributed by atoms with van der Waals surface area (Å²) in [6.45, 7) is 1.88. The molecule has 0 saturated heterocycles. The molecule has 0 aliphatic carbocycles. The molecule has 0 heterocycles. The van der Waals surface area contributed by atoms with E-state index in [1.165, 1.54) is 18.2 Å². The van der Waals surface area contributed by atoms with Gasteiger partial charge in [0, 0.05) is 16.1 Å². The van der Waals surface area contributed by atoms with E-state index in [2.05, 4.69) is 9.88 Å². The van der Waals surface area contributed by atoms with E-state index in [-0.39, 0.29) is 16.3 Å². The molecule has 0 aromatic heterocycles. The minimum absolute atomic E-state index is 0.135. The first-order valence-corrected chi connectivity index (χ1v) is 9.94. The van der Waals surface area contributed by atoms with Crippen LogP contribution in [0.5, 0.6) is 0 Å². The van der Waals surface area contributed by atoms with Crippen LogP contribution in [0.4, 0.5) is 5.69 Å². The molecule has 0 bridgehead atoms. The summed E-state index contributed by atoms with van der Waals surface area (Å²) in [6, 6.07) is 20.1. The molecule has 0 atom stereocenters. The maximum atomic E-state index is 12.8. The number of oxime groups is 1. The average molecular weight is 401 g/mol. The van der Waals surface area contributed by atoms with Crippen molar-refractivity contribution in [3.8, 4) is 0 Å². The highest BCUT2D eigenvalue weighted by Gasteiger charge is 2.19. The number of nitrogens with zero attached hydrogens (tertiary/aromatic N) is 1. The van der Waals surface area contributed by atoms with Crippen molar-refractivity contribution in [2.24, 2.45) is 5.16 Å². The van der Waals surface area contributed by atoms with Crippen LogP contribution in [-0.4, -0.2) is 19.3 Å². The van der Waals surface area contributed by atoms with Crippen molar-refractivity contribution in [2.75, 3.05) is 4.72 Å². The second-order valence-corrected chi connectivity index (χ2v) is 8.04. The Hall–Kier alpha value is -2.83. The zero-order valence-electron chi connectivity index (χ0n) is 14.4. The standard InChI is InChI=1S/C20H17ClN2O3S/c1-14-7-10-17(11-8-14)27(25,26)23-19-12-9-16(21)13-18(19)20(22-24)15-5-3-2-4-6-15/h2-13,23-24H,1H3. The van der Waals surface area contributed by atoms with Gasteiger partial charge in [0.1, 0.15) is 5.71 Å². The lowest BCUT2D eigenvalue weighted by molar-refractivity contribution is 0.319. The fourth-order valence-electron chi connectivity index (χ4n) is 2.59. The van der Waals surface area contributed by atoms with Gasteiger partial charge in [-0.1, -0.05) is 64.8 Å². The van der Waals surface area contributed by atoms with Crippen molar-refractivity contribution in [3.05, 3.63) is 94.5 Å². The highest BCUT2D eigenvalue weighted by Crippen LogP contribution is 2.26. The molecule has 0 amide bonds. The van der Waals surface area contributed by atoms with E-state index in [0.29, 0.717) is 16.1 Å². The van der Waals surface area contributed by atoms with Crippen LogP contribution >= 0.6 is 11.6 Å². The third kappa shape index (κ3) is 4.30. The van der Waals surface area contributed by atoms with Crippen LogP contribution in [0.25, 0.3) is 0 Å². The molecule has 3 aromatic rings. The van der Waals surface area contributed by atoms with Gasteiger partial charge in [0.15, 0.2) is 0 Å². The molecule has 3 rings (SSSR count). The molecule has 0 radical (unpaired) electrons. The normalized spacial score (nSPS) is 12.0. The number of halogens is 1. The van der Waals surface area contributed by atoms with Crippen molar-refractivity contribution in [1.29, 1.82) is 0 Å². The first-order valence-electron chi connectivity index (χ1n) is 8.07. The van der Waals surface area contributed by atoms with Crippen LogP contribution in [0.1, 0.15) is 16.7 Å². The van der Waals surface area contributed by atoms with Gasteiger partial charge < -0.3 is 5.21 Å². The number of benzene rings is 3. The highest BCUT2D eigenvalue weighted by molar-refractivity contribution is 7.92. The highest BCUT2D eigenvalue weighted by atomic mass is 35.5. The number of anilines is 1. The molecular weight excluding hydrogens is 384 g/mol. The van der Waals surface area contributed by atoms with Gasteiger partial charge in [0.2, 0.25) is 0 Å². The smallest absolute Gasteiger partial charge is 0.261 e. The molecule has 0 aliphatic heterocycles. The van der Waals surface area contributed by atoms with Gasteiger partial charge in [-0.3, -0.25) is 4.72 Å². The van der Waals surface area contributed by atoms with E-state index in [4.69, 9.17) is 11.6 Å². The quantitative estimate of drug-likeness (QED) is 0.371. The van der Waals surface area contributed by atoms with Gasteiger partial charge in [-0.2, -0.15) is 0 Å². The molecule has 138 valence electrons. The minimum atomic E-state index is -3.82. The number of hydrogen-bond acceptors (Lipinski definition) is 4. The second-order valence-electron chi connectivity index (χ2n) is 5.92. The number of rotatable bonds is 5. The fourth-order valence-corrected chi connectivity index (χ4v) is 3.84. The maximum Gasteiger partial charge on any atom is 0.261 e. The van der Waals surface area contributed by atoms with Crippen molar-refractivity contribution in [3.63, 3.8) is 0 Å². The Kier molecular flexibility index (Phi) is 5.48. The first kappa shape index (κ1) is 18.9. The molecule has 27 heavy (non-hydrogen) atoms. The summed E-state index contributed by atoms with van der Waals surface area (Å²) in [5.41, 5.74) is 2.42. The lowest BCUT2D eigenvalue weighted by Crippen LogP contribution is -2.16. The van der Waals surface area contributed by atoms with Gasteiger partial charge in [0.25, 0.3) is 10.0 Å². The Balaban J connectivity index is 2.06. The summed E-state index contributed by atoms with van der Waals surface area (Å²) in [6.07, 6.45) is 0. The molecule has 5 nitrogen and oxygen atoms in total. The zero-order chi connectivity index (χ0) is 19.4. The van der Waals surface area contributed by atoms with Gasteiger partial charge in [-0.15, -0.1) is 0 Å². The zero-order valence-corrected chi connectivity index (χ0v) is 16.0. The van der Waals surface area contributed by atoms with Crippen molar-refractivity contribution in [1.82, 2.24) is 0 Å². The number of hydrogen-bond donors (Lipinski definition) is 2. The maximum absolute atomic E-state index is 12.8. The van der Waals surface area contributed by atoms with Crippen LogP contribution in [0.3, 0.4) is 0 Å². The molecular formula is C20H17ClN2O3S. The first-order chi connectivity index (χ1) is 12.9. The Morgan fingerprint density at radius 1 is 1.00 bits per heavy atom. The van der Waals surface area contributed by atoms with Crippen LogP contribution in [0.15, 0.2) is 82.8 Å². The van der Waals surface area contributed by atoms with Crippen LogP contribution < -0.4 is 4.72 Å². The predicted octanol–water partition coefficient (Wildman–Crippen LogP) is 4.68. The number of aryl methyl sites for hydroxylation is 1. The largest absolute Gasteiger partial charge is 0.410 e. The number of sulfonamides is 1. The molecule has 0 spiro atoms. The summed E-state index contributed by atoms with van der Waals surface area (Å²) in [5, 5.41) is 13.3. The fraction of sp³-hybridized carbons (Fsp3) is 0.0500. The van der Waals surface area contributed by atoms with Gasteiger partial charge in [0.05, 0.1) is 10.6 Å². The van der Waals surface area contributed by atoms with Gasteiger partial charge in [-0.25, -0.2) is 8.42 Å². The molecule has 0 aliphatic rings. The molecule has 3 aromatic carbocycles. The van der Waals surface area contributed by atoms with E-state index in [1.807, 2.05) is 13.0 Å². The lowest BCUT2D eigenvalue weighted by Gasteiger charge is -2.14. The monoisotopic (exact) mass is 400 g/mol. The van der Waals surface area contributed by atoms with Crippen molar-refractivity contribution >= 4 is 33.0 Å². The van der Waals surface area contributed by atoms with E-state index >= 15 is 0 Å². The molecule has 0 saturated carbocycles. The van der Waals surface area contributed by atoms with E-state index in [1.54, 1.807) is 48.5 Å². The van der Waals surface area contributed by atoms with Gasteiger partial charge in [-0.05, 0) is 37.3 Å². The Bertz CT molecular complexity index is 1080. The topological polar surface area (TPSA) is 78.8 Å². The minimum Gasteiger partial charge on any atom is -0.410 e. The summed E-state index contributed by atoms with van der Waals surface area (Å²) < 4.78 is 28.1. The summed E-state index contributed by atoms with van der Waals surface area (Å²) in [4.78, 5) is 0.135. The third-order valence-electron chi connectivity index (χ3n) is 3.96. The predicted molar refractivity (Wildman–Crippen MR) is 107 cm³/mol.